The third kappa shape index (κ3) is 3.44. The Hall–Kier alpha value is -1.62. The van der Waals surface area contributed by atoms with E-state index in [1.807, 2.05) is 0 Å². The first-order chi connectivity index (χ1) is 9.08. The lowest BCUT2D eigenvalue weighted by Gasteiger charge is -2.35. The quantitative estimate of drug-likeness (QED) is 0.890. The first-order valence-electron chi connectivity index (χ1n) is 6.73. The fourth-order valence-corrected chi connectivity index (χ4v) is 2.36. The van der Waals surface area contributed by atoms with Gasteiger partial charge in [-0.3, -0.25) is 9.69 Å². The van der Waals surface area contributed by atoms with Crippen LogP contribution in [0.2, 0.25) is 0 Å². The molecule has 5 heteroatoms. The van der Waals surface area contributed by atoms with Gasteiger partial charge < -0.3 is 10.0 Å². The molecule has 1 N–H and O–H groups in total. The van der Waals surface area contributed by atoms with E-state index in [1.54, 1.807) is 11.0 Å². The third-order valence-electron chi connectivity index (χ3n) is 3.27. The molecule has 104 valence electrons. The highest BCUT2D eigenvalue weighted by molar-refractivity contribution is 5.94. The molecule has 1 aliphatic heterocycles. The van der Waals surface area contributed by atoms with E-state index in [0.29, 0.717) is 19.0 Å². The van der Waals surface area contributed by atoms with Crippen LogP contribution in [0.1, 0.15) is 24.3 Å². The Labute approximate surface area is 113 Å². The van der Waals surface area contributed by atoms with E-state index < -0.39 is 0 Å². The molecule has 0 bridgehead atoms. The maximum atomic E-state index is 12.2. The van der Waals surface area contributed by atoms with Gasteiger partial charge in [0.05, 0.1) is 0 Å². The number of rotatable bonds is 3. The van der Waals surface area contributed by atoms with Gasteiger partial charge in [0.25, 0.3) is 5.91 Å². The van der Waals surface area contributed by atoms with E-state index in [2.05, 4.69) is 23.7 Å². The fourth-order valence-electron chi connectivity index (χ4n) is 2.36. The Kier molecular flexibility index (Phi) is 4.37. The molecule has 0 atom stereocenters. The monoisotopic (exact) mass is 263 g/mol. The van der Waals surface area contributed by atoms with Gasteiger partial charge in [0.1, 0.15) is 5.75 Å². The Morgan fingerprint density at radius 2 is 2.05 bits per heavy atom. The van der Waals surface area contributed by atoms with Crippen LogP contribution in [-0.2, 0) is 0 Å². The largest absolute Gasteiger partial charge is 0.505 e. The van der Waals surface area contributed by atoms with Crippen molar-refractivity contribution in [3.8, 4) is 5.75 Å². The van der Waals surface area contributed by atoms with Crippen LogP contribution >= 0.6 is 0 Å². The van der Waals surface area contributed by atoms with E-state index in [1.165, 1.54) is 12.3 Å². The second kappa shape index (κ2) is 6.02. The number of carbonyl (C=O) groups excluding carboxylic acids is 1. The number of aromatic nitrogens is 1. The van der Waals surface area contributed by atoms with E-state index in [0.717, 1.165) is 19.6 Å². The minimum absolute atomic E-state index is 0.0443. The number of hydrogen-bond acceptors (Lipinski definition) is 4. The van der Waals surface area contributed by atoms with Gasteiger partial charge in [-0.05, 0) is 18.1 Å². The molecule has 0 unspecified atom stereocenters. The summed E-state index contributed by atoms with van der Waals surface area (Å²) in [6, 6.07) is 3.11. The maximum Gasteiger partial charge on any atom is 0.276 e. The number of carbonyl (C=O) groups is 1. The highest BCUT2D eigenvalue weighted by Gasteiger charge is 2.24. The van der Waals surface area contributed by atoms with Crippen LogP contribution in [0.15, 0.2) is 18.3 Å². The summed E-state index contributed by atoms with van der Waals surface area (Å²) in [5.74, 6) is 0.418. The Balaban J connectivity index is 1.95. The van der Waals surface area contributed by atoms with Crippen LogP contribution in [0, 0.1) is 5.92 Å². The zero-order chi connectivity index (χ0) is 13.8. The average molecular weight is 263 g/mol. The van der Waals surface area contributed by atoms with Gasteiger partial charge in [0.15, 0.2) is 5.69 Å². The van der Waals surface area contributed by atoms with Crippen molar-refractivity contribution in [1.29, 1.82) is 0 Å². The molecule has 1 aromatic heterocycles. The van der Waals surface area contributed by atoms with Crippen LogP contribution in [0.3, 0.4) is 0 Å². The highest BCUT2D eigenvalue weighted by Crippen LogP contribution is 2.16. The first kappa shape index (κ1) is 13.8. The molecule has 1 amide bonds. The van der Waals surface area contributed by atoms with Gasteiger partial charge in [-0.1, -0.05) is 13.8 Å². The SMILES string of the molecule is CC(C)CN1CCN(C(=O)c2ncccc2O)CC1. The van der Waals surface area contributed by atoms with E-state index in [-0.39, 0.29) is 17.4 Å². The molecule has 19 heavy (non-hydrogen) atoms. The number of pyridine rings is 1. The smallest absolute Gasteiger partial charge is 0.276 e. The predicted octanol–water partition coefficient (Wildman–Crippen LogP) is 1.20. The van der Waals surface area contributed by atoms with Crippen LogP contribution in [0.5, 0.6) is 5.75 Å². The molecule has 1 aromatic rings. The molecule has 1 aliphatic rings. The molecular weight excluding hydrogens is 242 g/mol. The fraction of sp³-hybridized carbons (Fsp3) is 0.571. The average Bonchev–Trinajstić information content (AvgIpc) is 2.39. The summed E-state index contributed by atoms with van der Waals surface area (Å²) in [5, 5.41) is 9.66. The molecule has 0 aromatic carbocycles. The van der Waals surface area contributed by atoms with Crippen LogP contribution in [0.4, 0.5) is 0 Å². The van der Waals surface area contributed by atoms with E-state index in [9.17, 15) is 9.90 Å². The zero-order valence-corrected chi connectivity index (χ0v) is 11.5. The second-order valence-electron chi connectivity index (χ2n) is 5.36. The van der Waals surface area contributed by atoms with Crippen LogP contribution in [-0.4, -0.2) is 58.5 Å². The Morgan fingerprint density at radius 3 is 2.63 bits per heavy atom. The normalized spacial score (nSPS) is 16.9. The standard InChI is InChI=1S/C14H21N3O2/c1-11(2)10-16-6-8-17(9-7-16)14(19)13-12(18)4-3-5-15-13/h3-5,11,18H,6-10H2,1-2H3. The van der Waals surface area contributed by atoms with Crippen molar-refractivity contribution in [2.45, 2.75) is 13.8 Å². The summed E-state index contributed by atoms with van der Waals surface area (Å²) in [6.45, 7) is 8.63. The molecule has 0 radical (unpaired) electrons. The van der Waals surface area contributed by atoms with Crippen molar-refractivity contribution in [1.82, 2.24) is 14.8 Å². The van der Waals surface area contributed by atoms with Crippen molar-refractivity contribution in [3.63, 3.8) is 0 Å². The first-order valence-corrected chi connectivity index (χ1v) is 6.73. The summed E-state index contributed by atoms with van der Waals surface area (Å²) >= 11 is 0. The van der Waals surface area contributed by atoms with Crippen molar-refractivity contribution in [2.75, 3.05) is 32.7 Å². The lowest BCUT2D eigenvalue weighted by atomic mass is 10.2. The van der Waals surface area contributed by atoms with Gasteiger partial charge >= 0.3 is 0 Å². The molecular formula is C14H21N3O2. The Bertz CT molecular complexity index is 440. The highest BCUT2D eigenvalue weighted by atomic mass is 16.3. The van der Waals surface area contributed by atoms with Crippen molar-refractivity contribution >= 4 is 5.91 Å². The summed E-state index contributed by atoms with van der Waals surface area (Å²) in [4.78, 5) is 20.3. The summed E-state index contributed by atoms with van der Waals surface area (Å²) in [5.41, 5.74) is 0.153. The molecule has 0 aliphatic carbocycles. The summed E-state index contributed by atoms with van der Waals surface area (Å²) in [6.07, 6.45) is 1.53. The van der Waals surface area contributed by atoms with E-state index >= 15 is 0 Å². The lowest BCUT2D eigenvalue weighted by molar-refractivity contribution is 0.0615. The van der Waals surface area contributed by atoms with Gasteiger partial charge in [-0.2, -0.15) is 0 Å². The zero-order valence-electron chi connectivity index (χ0n) is 11.5. The minimum atomic E-state index is -0.178. The molecule has 1 fully saturated rings. The number of piperazine rings is 1. The molecule has 1 saturated heterocycles. The topological polar surface area (TPSA) is 56.7 Å². The molecule has 5 nitrogen and oxygen atoms in total. The van der Waals surface area contributed by atoms with Crippen LogP contribution in [0.25, 0.3) is 0 Å². The lowest BCUT2D eigenvalue weighted by Crippen LogP contribution is -2.49. The maximum absolute atomic E-state index is 12.2. The van der Waals surface area contributed by atoms with Crippen molar-refractivity contribution in [2.24, 2.45) is 5.92 Å². The minimum Gasteiger partial charge on any atom is -0.505 e. The van der Waals surface area contributed by atoms with Gasteiger partial charge in [0, 0.05) is 38.9 Å². The van der Waals surface area contributed by atoms with Crippen molar-refractivity contribution < 1.29 is 9.90 Å². The van der Waals surface area contributed by atoms with Gasteiger partial charge in [-0.25, -0.2) is 4.98 Å². The van der Waals surface area contributed by atoms with Gasteiger partial charge in [0.2, 0.25) is 0 Å². The molecule has 0 saturated carbocycles. The second-order valence-corrected chi connectivity index (χ2v) is 5.36. The molecule has 2 rings (SSSR count). The predicted molar refractivity (Wildman–Crippen MR) is 73.1 cm³/mol. The summed E-state index contributed by atoms with van der Waals surface area (Å²) in [7, 11) is 0. The molecule has 0 spiro atoms. The Morgan fingerprint density at radius 1 is 1.37 bits per heavy atom. The summed E-state index contributed by atoms with van der Waals surface area (Å²) < 4.78 is 0. The number of aromatic hydroxyl groups is 1. The number of hydrogen-bond donors (Lipinski definition) is 1. The van der Waals surface area contributed by atoms with Gasteiger partial charge in [-0.15, -0.1) is 0 Å². The van der Waals surface area contributed by atoms with E-state index in [4.69, 9.17) is 0 Å². The van der Waals surface area contributed by atoms with Crippen LogP contribution < -0.4 is 0 Å². The number of amides is 1. The number of nitrogens with zero attached hydrogens (tertiary/aromatic N) is 3. The third-order valence-corrected chi connectivity index (χ3v) is 3.27. The van der Waals surface area contributed by atoms with Crippen molar-refractivity contribution in [3.05, 3.63) is 24.0 Å². The molecule has 2 heterocycles.